The molecule has 0 spiro atoms. The van der Waals surface area contributed by atoms with Crippen molar-refractivity contribution in [2.45, 2.75) is 25.4 Å². The van der Waals surface area contributed by atoms with Crippen LogP contribution in [0.1, 0.15) is 36.5 Å². The average molecular weight is 305 g/mol. The summed E-state index contributed by atoms with van der Waals surface area (Å²) >= 11 is 5.60. The maximum atomic E-state index is 10.6. The van der Waals surface area contributed by atoms with Gasteiger partial charge >= 0.3 is 0 Å². The van der Waals surface area contributed by atoms with Crippen LogP contribution in [-0.4, -0.2) is 17.6 Å². The van der Waals surface area contributed by atoms with E-state index in [0.717, 1.165) is 23.3 Å². The lowest BCUT2D eigenvalue weighted by Gasteiger charge is -2.22. The lowest BCUT2D eigenvalue weighted by molar-refractivity contribution is 0.142. The van der Waals surface area contributed by atoms with Crippen LogP contribution in [0.2, 0.25) is 0 Å². The molecular formula is C18H21ClO2. The van der Waals surface area contributed by atoms with Gasteiger partial charge in [-0.2, -0.15) is 0 Å². The minimum atomic E-state index is -0.514. The molecule has 2 aromatic rings. The number of aliphatic hydroxyl groups excluding tert-OH is 1. The van der Waals surface area contributed by atoms with Crippen molar-refractivity contribution in [2.24, 2.45) is 0 Å². The van der Waals surface area contributed by atoms with Gasteiger partial charge in [0.2, 0.25) is 0 Å². The minimum Gasteiger partial charge on any atom is -0.492 e. The van der Waals surface area contributed by atoms with Crippen molar-refractivity contribution in [2.75, 3.05) is 12.5 Å². The van der Waals surface area contributed by atoms with Crippen molar-refractivity contribution < 1.29 is 9.84 Å². The molecule has 0 aliphatic rings. The Morgan fingerprint density at radius 2 is 1.67 bits per heavy atom. The predicted octanol–water partition coefficient (Wildman–Crippen LogP) is 4.53. The lowest BCUT2D eigenvalue weighted by Crippen LogP contribution is -2.10. The van der Waals surface area contributed by atoms with Gasteiger partial charge in [-0.1, -0.05) is 49.4 Å². The van der Waals surface area contributed by atoms with Gasteiger partial charge in [0.05, 0.1) is 12.0 Å². The van der Waals surface area contributed by atoms with Crippen LogP contribution in [0, 0.1) is 0 Å². The monoisotopic (exact) mass is 304 g/mol. The summed E-state index contributed by atoms with van der Waals surface area (Å²) in [6.45, 7) is 2.59. The fourth-order valence-corrected chi connectivity index (χ4v) is 2.57. The highest BCUT2D eigenvalue weighted by atomic mass is 35.5. The fraction of sp³-hybridized carbons (Fsp3) is 0.333. The molecule has 0 aliphatic carbocycles. The van der Waals surface area contributed by atoms with Gasteiger partial charge in [0.15, 0.2) is 0 Å². The number of aliphatic hydroxyl groups is 1. The summed E-state index contributed by atoms with van der Waals surface area (Å²) in [5, 5.41) is 10.6. The second kappa shape index (κ2) is 8.06. The van der Waals surface area contributed by atoms with E-state index in [1.165, 1.54) is 0 Å². The van der Waals surface area contributed by atoms with Crippen LogP contribution < -0.4 is 4.74 Å². The molecule has 2 nitrogen and oxygen atoms in total. The van der Waals surface area contributed by atoms with Gasteiger partial charge in [0.1, 0.15) is 12.4 Å². The van der Waals surface area contributed by atoms with E-state index >= 15 is 0 Å². The normalized spacial score (nSPS) is 13.7. The lowest BCUT2D eigenvalue weighted by atomic mass is 9.87. The first-order chi connectivity index (χ1) is 10.3. The molecule has 0 heterocycles. The van der Waals surface area contributed by atoms with E-state index in [0.29, 0.717) is 12.5 Å². The fourth-order valence-electron chi connectivity index (χ4n) is 2.49. The van der Waals surface area contributed by atoms with E-state index in [4.69, 9.17) is 16.3 Å². The zero-order valence-electron chi connectivity index (χ0n) is 12.2. The third-order valence-corrected chi connectivity index (χ3v) is 3.77. The average Bonchev–Trinajstić information content (AvgIpc) is 2.55. The number of benzene rings is 2. The van der Waals surface area contributed by atoms with Crippen molar-refractivity contribution >= 4 is 11.6 Å². The van der Waals surface area contributed by atoms with E-state index in [9.17, 15) is 5.11 Å². The Hall–Kier alpha value is -1.51. The molecule has 0 saturated carbocycles. The predicted molar refractivity (Wildman–Crippen MR) is 87.1 cm³/mol. The van der Waals surface area contributed by atoms with Crippen LogP contribution in [0.4, 0.5) is 0 Å². The molecule has 0 amide bonds. The molecule has 0 saturated heterocycles. The number of hydrogen-bond acceptors (Lipinski definition) is 2. The van der Waals surface area contributed by atoms with Gasteiger partial charge in [-0.05, 0) is 29.7 Å². The molecule has 0 aromatic heterocycles. The van der Waals surface area contributed by atoms with E-state index in [1.807, 2.05) is 42.5 Å². The smallest absolute Gasteiger partial charge is 0.119 e. The molecule has 2 aromatic carbocycles. The quantitative estimate of drug-likeness (QED) is 0.761. The highest BCUT2D eigenvalue weighted by molar-refractivity contribution is 6.18. The van der Waals surface area contributed by atoms with Crippen LogP contribution in [-0.2, 0) is 0 Å². The van der Waals surface area contributed by atoms with Crippen molar-refractivity contribution in [3.8, 4) is 5.75 Å². The summed E-state index contributed by atoms with van der Waals surface area (Å²) in [7, 11) is 0. The molecule has 1 N–H and O–H groups in total. The number of halogens is 1. The Kier molecular flexibility index (Phi) is 6.09. The maximum absolute atomic E-state index is 10.6. The Morgan fingerprint density at radius 1 is 1.00 bits per heavy atom. The first-order valence-corrected chi connectivity index (χ1v) is 7.81. The molecular weight excluding hydrogens is 284 g/mol. The van der Waals surface area contributed by atoms with Crippen LogP contribution in [0.5, 0.6) is 5.75 Å². The highest BCUT2D eigenvalue weighted by Gasteiger charge is 2.20. The molecule has 21 heavy (non-hydrogen) atoms. The van der Waals surface area contributed by atoms with Crippen molar-refractivity contribution in [1.29, 1.82) is 0 Å². The number of hydrogen-bond donors (Lipinski definition) is 1. The summed E-state index contributed by atoms with van der Waals surface area (Å²) in [6.07, 6.45) is 0.370. The molecule has 3 heteroatoms. The van der Waals surface area contributed by atoms with E-state index in [2.05, 4.69) is 19.1 Å². The van der Waals surface area contributed by atoms with Crippen LogP contribution >= 0.6 is 11.6 Å². The Balaban J connectivity index is 2.12. The Morgan fingerprint density at radius 3 is 2.24 bits per heavy atom. The molecule has 2 atom stereocenters. The minimum absolute atomic E-state index is 0.0980. The first kappa shape index (κ1) is 15.9. The Labute approximate surface area is 131 Å². The molecule has 0 radical (unpaired) electrons. The third-order valence-electron chi connectivity index (χ3n) is 3.62. The zero-order valence-corrected chi connectivity index (χ0v) is 13.0. The van der Waals surface area contributed by atoms with Crippen molar-refractivity contribution in [3.05, 3.63) is 65.7 Å². The molecule has 0 aliphatic heterocycles. The molecule has 2 rings (SSSR count). The van der Waals surface area contributed by atoms with Crippen molar-refractivity contribution in [1.82, 2.24) is 0 Å². The maximum Gasteiger partial charge on any atom is 0.119 e. The van der Waals surface area contributed by atoms with Gasteiger partial charge in [0.25, 0.3) is 0 Å². The summed E-state index contributed by atoms with van der Waals surface area (Å²) in [6, 6.07) is 17.7. The topological polar surface area (TPSA) is 29.5 Å². The SMILES string of the molecule is CCC(c1ccccc1)C(O)c1ccc(OCCCl)cc1. The summed E-state index contributed by atoms with van der Waals surface area (Å²) < 4.78 is 5.45. The number of ether oxygens (including phenoxy) is 1. The summed E-state index contributed by atoms with van der Waals surface area (Å²) in [5.41, 5.74) is 2.07. The van der Waals surface area contributed by atoms with E-state index in [1.54, 1.807) is 0 Å². The van der Waals surface area contributed by atoms with E-state index < -0.39 is 6.10 Å². The standard InChI is InChI=1S/C18H21ClO2/c1-2-17(14-6-4-3-5-7-14)18(20)15-8-10-16(11-9-15)21-13-12-19/h3-11,17-18,20H,2,12-13H2,1H3. The van der Waals surface area contributed by atoms with Gasteiger partial charge in [-0.25, -0.2) is 0 Å². The van der Waals surface area contributed by atoms with Gasteiger partial charge in [0, 0.05) is 5.92 Å². The molecule has 2 unspecified atom stereocenters. The van der Waals surface area contributed by atoms with Crippen LogP contribution in [0.3, 0.4) is 0 Å². The molecule has 0 bridgehead atoms. The van der Waals surface area contributed by atoms with Gasteiger partial charge < -0.3 is 9.84 Å². The highest BCUT2D eigenvalue weighted by Crippen LogP contribution is 2.34. The second-order valence-electron chi connectivity index (χ2n) is 4.98. The Bertz CT molecular complexity index is 525. The van der Waals surface area contributed by atoms with Crippen LogP contribution in [0.15, 0.2) is 54.6 Å². The number of rotatable bonds is 7. The van der Waals surface area contributed by atoms with Crippen molar-refractivity contribution in [3.63, 3.8) is 0 Å². The number of alkyl halides is 1. The molecule has 112 valence electrons. The largest absolute Gasteiger partial charge is 0.492 e. The molecule has 0 fully saturated rings. The third kappa shape index (κ3) is 4.23. The first-order valence-electron chi connectivity index (χ1n) is 7.28. The van der Waals surface area contributed by atoms with Gasteiger partial charge in [-0.3, -0.25) is 0 Å². The summed E-state index contributed by atoms with van der Waals surface area (Å²) in [5.74, 6) is 1.34. The van der Waals surface area contributed by atoms with Crippen LogP contribution in [0.25, 0.3) is 0 Å². The second-order valence-corrected chi connectivity index (χ2v) is 5.35. The van der Waals surface area contributed by atoms with E-state index in [-0.39, 0.29) is 5.92 Å². The summed E-state index contributed by atoms with van der Waals surface area (Å²) in [4.78, 5) is 0. The van der Waals surface area contributed by atoms with Gasteiger partial charge in [-0.15, -0.1) is 11.6 Å². The zero-order chi connectivity index (χ0) is 15.1.